The van der Waals surface area contributed by atoms with E-state index in [0.717, 1.165) is 30.8 Å². The molecule has 132 valence electrons. The normalized spacial score (nSPS) is 26.2. The molecule has 0 bridgehead atoms. The Balaban J connectivity index is 1.60. The maximum Gasteiger partial charge on any atom is 0.255 e. The van der Waals surface area contributed by atoms with Gasteiger partial charge in [-0.3, -0.25) is 19.7 Å². The minimum atomic E-state index is -0.569. The predicted octanol–water partition coefficient (Wildman–Crippen LogP) is 0.233. The quantitative estimate of drug-likeness (QED) is 0.767. The summed E-state index contributed by atoms with van der Waals surface area (Å²) in [5.41, 5.74) is 8.51. The van der Waals surface area contributed by atoms with Crippen LogP contribution >= 0.6 is 0 Å². The third kappa shape index (κ3) is 2.68. The Bertz CT molecular complexity index is 748. The molecule has 3 aliphatic rings. The maximum atomic E-state index is 12.8. The van der Waals surface area contributed by atoms with Crippen molar-refractivity contribution >= 4 is 23.4 Å². The van der Waals surface area contributed by atoms with Crippen molar-refractivity contribution in [3.05, 3.63) is 29.3 Å². The van der Waals surface area contributed by atoms with E-state index in [0.29, 0.717) is 31.0 Å². The number of benzene rings is 1. The van der Waals surface area contributed by atoms with Crippen LogP contribution in [0, 0.1) is 5.92 Å². The summed E-state index contributed by atoms with van der Waals surface area (Å²) in [4.78, 5) is 40.3. The van der Waals surface area contributed by atoms with Gasteiger partial charge < -0.3 is 15.5 Å². The molecule has 2 atom stereocenters. The van der Waals surface area contributed by atoms with Gasteiger partial charge >= 0.3 is 0 Å². The van der Waals surface area contributed by atoms with E-state index in [1.807, 2.05) is 18.2 Å². The van der Waals surface area contributed by atoms with E-state index in [9.17, 15) is 14.4 Å². The Kier molecular flexibility index (Phi) is 3.95. The van der Waals surface area contributed by atoms with Crippen molar-refractivity contribution in [1.29, 1.82) is 0 Å². The van der Waals surface area contributed by atoms with Crippen molar-refractivity contribution in [2.24, 2.45) is 11.7 Å². The van der Waals surface area contributed by atoms with Gasteiger partial charge in [0.05, 0.1) is 0 Å². The van der Waals surface area contributed by atoms with Gasteiger partial charge in [0.2, 0.25) is 11.8 Å². The molecule has 4 rings (SSSR count). The van der Waals surface area contributed by atoms with Crippen LogP contribution in [0.5, 0.6) is 0 Å². The summed E-state index contributed by atoms with van der Waals surface area (Å²) in [6.45, 7) is 2.93. The second kappa shape index (κ2) is 6.15. The van der Waals surface area contributed by atoms with Crippen molar-refractivity contribution < 1.29 is 14.4 Å². The molecule has 0 aromatic heterocycles. The molecule has 3 heterocycles. The SMILES string of the molecule is NCC1CCN(c2cccc3c2CN(C2CCC(=O)NC2=O)C3=O)C1. The molecule has 3 amide bonds. The lowest BCUT2D eigenvalue weighted by atomic mass is 10.0. The minimum Gasteiger partial charge on any atom is -0.371 e. The fourth-order valence-corrected chi connectivity index (χ4v) is 4.11. The fourth-order valence-electron chi connectivity index (χ4n) is 4.11. The highest BCUT2D eigenvalue weighted by Crippen LogP contribution is 2.35. The van der Waals surface area contributed by atoms with Crippen LogP contribution in [0.4, 0.5) is 5.69 Å². The number of hydrogen-bond acceptors (Lipinski definition) is 5. The third-order valence-corrected chi connectivity index (χ3v) is 5.52. The van der Waals surface area contributed by atoms with Crippen molar-refractivity contribution in [1.82, 2.24) is 10.2 Å². The lowest BCUT2D eigenvalue weighted by Crippen LogP contribution is -2.52. The number of fused-ring (bicyclic) bond motifs is 1. The summed E-state index contributed by atoms with van der Waals surface area (Å²) in [7, 11) is 0. The number of carbonyl (C=O) groups is 3. The highest BCUT2D eigenvalue weighted by Gasteiger charge is 2.40. The Morgan fingerprint density at radius 2 is 2.04 bits per heavy atom. The first-order valence-corrected chi connectivity index (χ1v) is 8.80. The molecule has 3 aliphatic heterocycles. The first-order chi connectivity index (χ1) is 12.1. The largest absolute Gasteiger partial charge is 0.371 e. The van der Waals surface area contributed by atoms with Crippen molar-refractivity contribution in [3.8, 4) is 0 Å². The molecular weight excluding hydrogens is 320 g/mol. The van der Waals surface area contributed by atoms with Crippen LogP contribution in [-0.2, 0) is 16.1 Å². The zero-order chi connectivity index (χ0) is 17.6. The van der Waals surface area contributed by atoms with E-state index in [1.165, 1.54) is 0 Å². The molecule has 0 saturated carbocycles. The van der Waals surface area contributed by atoms with Crippen LogP contribution in [0.15, 0.2) is 18.2 Å². The van der Waals surface area contributed by atoms with E-state index in [4.69, 9.17) is 5.73 Å². The van der Waals surface area contributed by atoms with Crippen molar-refractivity contribution in [2.45, 2.75) is 31.8 Å². The second-order valence-corrected chi connectivity index (χ2v) is 7.04. The zero-order valence-electron chi connectivity index (χ0n) is 14.0. The Morgan fingerprint density at radius 1 is 1.20 bits per heavy atom. The molecule has 1 aromatic carbocycles. The summed E-state index contributed by atoms with van der Waals surface area (Å²) in [5.74, 6) is -0.278. The van der Waals surface area contributed by atoms with Gasteiger partial charge in [0.25, 0.3) is 5.91 Å². The van der Waals surface area contributed by atoms with Crippen LogP contribution in [0.2, 0.25) is 0 Å². The van der Waals surface area contributed by atoms with Crippen molar-refractivity contribution in [3.63, 3.8) is 0 Å². The van der Waals surface area contributed by atoms with E-state index < -0.39 is 6.04 Å². The second-order valence-electron chi connectivity index (χ2n) is 7.04. The number of nitrogens with two attached hydrogens (primary N) is 1. The number of hydrogen-bond donors (Lipinski definition) is 2. The highest BCUT2D eigenvalue weighted by atomic mass is 16.2. The molecular formula is C18H22N4O3. The first kappa shape index (κ1) is 16.1. The fraction of sp³-hybridized carbons (Fsp3) is 0.500. The maximum absolute atomic E-state index is 12.8. The van der Waals surface area contributed by atoms with Crippen LogP contribution in [0.3, 0.4) is 0 Å². The topological polar surface area (TPSA) is 95.7 Å². The summed E-state index contributed by atoms with van der Waals surface area (Å²) in [6, 6.07) is 5.19. The van der Waals surface area contributed by atoms with Gasteiger partial charge in [-0.05, 0) is 37.4 Å². The van der Waals surface area contributed by atoms with Gasteiger partial charge in [-0.25, -0.2) is 0 Å². The molecule has 2 fully saturated rings. The summed E-state index contributed by atoms with van der Waals surface area (Å²) < 4.78 is 0. The molecule has 25 heavy (non-hydrogen) atoms. The van der Waals surface area contributed by atoms with Crippen LogP contribution in [0.25, 0.3) is 0 Å². The van der Waals surface area contributed by atoms with Crippen LogP contribution < -0.4 is 16.0 Å². The van der Waals surface area contributed by atoms with E-state index in [-0.39, 0.29) is 24.1 Å². The van der Waals surface area contributed by atoms with Gasteiger partial charge in [0.15, 0.2) is 0 Å². The zero-order valence-corrected chi connectivity index (χ0v) is 14.0. The smallest absolute Gasteiger partial charge is 0.255 e. The highest BCUT2D eigenvalue weighted by molar-refractivity contribution is 6.06. The molecule has 2 unspecified atom stereocenters. The average molecular weight is 342 g/mol. The van der Waals surface area contributed by atoms with E-state index >= 15 is 0 Å². The summed E-state index contributed by atoms with van der Waals surface area (Å²) >= 11 is 0. The Hall–Kier alpha value is -2.41. The summed E-state index contributed by atoms with van der Waals surface area (Å²) in [5, 5.41) is 2.34. The first-order valence-electron chi connectivity index (χ1n) is 8.80. The number of amides is 3. The number of rotatable bonds is 3. The number of imide groups is 1. The van der Waals surface area contributed by atoms with Crippen molar-refractivity contribution in [2.75, 3.05) is 24.5 Å². The number of anilines is 1. The monoisotopic (exact) mass is 342 g/mol. The van der Waals surface area contributed by atoms with Crippen LogP contribution in [-0.4, -0.2) is 48.3 Å². The van der Waals surface area contributed by atoms with Gasteiger partial charge in [0, 0.05) is 42.9 Å². The lowest BCUT2D eigenvalue weighted by Gasteiger charge is -2.29. The van der Waals surface area contributed by atoms with Gasteiger partial charge in [-0.15, -0.1) is 0 Å². The Morgan fingerprint density at radius 3 is 2.76 bits per heavy atom. The minimum absolute atomic E-state index is 0.124. The van der Waals surface area contributed by atoms with Gasteiger partial charge in [0.1, 0.15) is 6.04 Å². The molecule has 1 aromatic rings. The van der Waals surface area contributed by atoms with E-state index in [1.54, 1.807) is 4.90 Å². The average Bonchev–Trinajstić information content (AvgIpc) is 3.20. The number of nitrogens with zero attached hydrogens (tertiary/aromatic N) is 2. The molecule has 7 heteroatoms. The lowest BCUT2D eigenvalue weighted by molar-refractivity contribution is -0.136. The van der Waals surface area contributed by atoms with Gasteiger partial charge in [-0.2, -0.15) is 0 Å². The number of piperidine rings is 1. The molecule has 0 spiro atoms. The van der Waals surface area contributed by atoms with Gasteiger partial charge in [-0.1, -0.05) is 6.07 Å². The summed E-state index contributed by atoms with van der Waals surface area (Å²) in [6.07, 6.45) is 1.72. The number of carbonyl (C=O) groups excluding carboxylic acids is 3. The molecule has 3 N–H and O–H groups in total. The molecule has 7 nitrogen and oxygen atoms in total. The third-order valence-electron chi connectivity index (χ3n) is 5.52. The Labute approximate surface area is 146 Å². The predicted molar refractivity (Wildman–Crippen MR) is 91.9 cm³/mol. The van der Waals surface area contributed by atoms with Crippen LogP contribution in [0.1, 0.15) is 35.2 Å². The molecule has 2 saturated heterocycles. The number of nitrogens with one attached hydrogen (secondary N) is 1. The standard InChI is InChI=1S/C18H22N4O3/c19-8-11-6-7-21(9-11)14-3-1-2-12-13(14)10-22(18(12)25)15-4-5-16(23)20-17(15)24/h1-3,11,15H,4-10,19H2,(H,20,23,24). The molecule has 0 aliphatic carbocycles. The molecule has 0 radical (unpaired) electrons. The van der Waals surface area contributed by atoms with E-state index in [2.05, 4.69) is 10.2 Å².